The van der Waals surface area contributed by atoms with E-state index in [1.54, 1.807) is 18.3 Å². The Balaban J connectivity index is 1.23. The Labute approximate surface area is 213 Å². The van der Waals surface area contributed by atoms with E-state index in [4.69, 9.17) is 17.3 Å². The van der Waals surface area contributed by atoms with Crippen LogP contribution in [0.5, 0.6) is 0 Å². The van der Waals surface area contributed by atoms with Gasteiger partial charge in [0.05, 0.1) is 22.8 Å². The Morgan fingerprint density at radius 1 is 1.08 bits per heavy atom. The molecule has 4 aromatic rings. The number of halogens is 2. The van der Waals surface area contributed by atoms with Gasteiger partial charge in [-0.3, -0.25) is 4.68 Å². The zero-order chi connectivity index (χ0) is 24.6. The number of aromatic nitrogens is 7. The second-order valence-electron chi connectivity index (χ2n) is 9.68. The Kier molecular flexibility index (Phi) is 6.14. The second kappa shape index (κ2) is 9.59. The zero-order valence-electron chi connectivity index (χ0n) is 19.8. The van der Waals surface area contributed by atoms with Crippen molar-refractivity contribution in [3.8, 4) is 28.2 Å². The van der Waals surface area contributed by atoms with Gasteiger partial charge in [-0.1, -0.05) is 24.1 Å². The lowest BCUT2D eigenvalue weighted by atomic mass is 9.84. The van der Waals surface area contributed by atoms with Crippen LogP contribution in [-0.2, 0) is 0 Å². The molecule has 1 aromatic carbocycles. The summed E-state index contributed by atoms with van der Waals surface area (Å²) in [6.45, 7) is 3.48. The topological polar surface area (TPSA) is 104 Å². The van der Waals surface area contributed by atoms with E-state index in [2.05, 4.69) is 41.4 Å². The molecule has 2 fully saturated rings. The summed E-state index contributed by atoms with van der Waals surface area (Å²) < 4.78 is 18.0. The molecule has 0 radical (unpaired) electrons. The molecular formula is C25H27ClFN9. The lowest BCUT2D eigenvalue weighted by Crippen LogP contribution is -2.39. The SMILES string of the molecule is Nc1ncc(-c2cnn(C3CCN(CC4CCC4)CC3)c2)cc1-c1nnnn1-c1cccc(Cl)c1F. The number of tetrazole rings is 1. The van der Waals surface area contributed by atoms with Crippen molar-refractivity contribution in [3.05, 3.63) is 53.7 Å². The van der Waals surface area contributed by atoms with E-state index < -0.39 is 5.82 Å². The van der Waals surface area contributed by atoms with Crippen LogP contribution in [0.3, 0.4) is 0 Å². The smallest absolute Gasteiger partial charge is 0.190 e. The van der Waals surface area contributed by atoms with Gasteiger partial charge in [0.1, 0.15) is 11.5 Å². The number of nitrogens with zero attached hydrogens (tertiary/aromatic N) is 8. The standard InChI is InChI=1S/C25H27ClFN9/c26-21-5-2-6-22(23(21)27)36-25(31-32-33-36)20-11-17(12-29-24(20)28)18-13-30-35(15-18)19-7-9-34(10-8-19)14-16-3-1-4-16/h2,5-6,11-13,15-16,19H,1,3-4,7-10,14H2,(H2,28,29). The number of likely N-dealkylation sites (tertiary alicyclic amines) is 1. The average Bonchev–Trinajstić information content (AvgIpc) is 3.54. The molecule has 0 unspecified atom stereocenters. The van der Waals surface area contributed by atoms with E-state index in [1.165, 1.54) is 36.6 Å². The molecule has 1 aliphatic heterocycles. The van der Waals surface area contributed by atoms with Gasteiger partial charge < -0.3 is 10.6 Å². The number of benzene rings is 1. The van der Waals surface area contributed by atoms with Crippen molar-refractivity contribution in [3.63, 3.8) is 0 Å². The minimum atomic E-state index is -0.615. The van der Waals surface area contributed by atoms with Crippen LogP contribution >= 0.6 is 11.6 Å². The van der Waals surface area contributed by atoms with E-state index in [0.29, 0.717) is 11.6 Å². The summed E-state index contributed by atoms with van der Waals surface area (Å²) in [5.74, 6) is 0.801. The van der Waals surface area contributed by atoms with Crippen molar-refractivity contribution < 1.29 is 4.39 Å². The molecule has 0 amide bonds. The van der Waals surface area contributed by atoms with Gasteiger partial charge in [0, 0.05) is 43.2 Å². The van der Waals surface area contributed by atoms with Crippen molar-refractivity contribution >= 4 is 17.4 Å². The van der Waals surface area contributed by atoms with E-state index in [9.17, 15) is 4.39 Å². The van der Waals surface area contributed by atoms with E-state index >= 15 is 0 Å². The summed E-state index contributed by atoms with van der Waals surface area (Å²) in [4.78, 5) is 6.97. The van der Waals surface area contributed by atoms with Crippen LogP contribution in [0.15, 0.2) is 42.9 Å². The van der Waals surface area contributed by atoms with Crippen LogP contribution in [0.25, 0.3) is 28.2 Å². The minimum Gasteiger partial charge on any atom is -0.383 e. The Hall–Kier alpha value is -3.37. The Bertz CT molecular complexity index is 1370. The summed E-state index contributed by atoms with van der Waals surface area (Å²) in [6, 6.07) is 6.90. The number of anilines is 1. The van der Waals surface area contributed by atoms with Gasteiger partial charge in [-0.15, -0.1) is 5.10 Å². The highest BCUT2D eigenvalue weighted by Gasteiger charge is 2.26. The van der Waals surface area contributed by atoms with Gasteiger partial charge in [0.2, 0.25) is 0 Å². The van der Waals surface area contributed by atoms with Crippen LogP contribution in [0.2, 0.25) is 5.02 Å². The van der Waals surface area contributed by atoms with Crippen molar-refractivity contribution in [1.82, 2.24) is 39.9 Å². The number of piperidine rings is 1. The van der Waals surface area contributed by atoms with Crippen molar-refractivity contribution in [2.24, 2.45) is 5.92 Å². The third-order valence-corrected chi connectivity index (χ3v) is 7.69. The molecule has 0 atom stereocenters. The molecule has 36 heavy (non-hydrogen) atoms. The Morgan fingerprint density at radius 2 is 1.92 bits per heavy atom. The number of rotatable bonds is 6. The molecule has 1 aliphatic carbocycles. The fourth-order valence-electron chi connectivity index (χ4n) is 5.08. The maximum absolute atomic E-state index is 14.7. The lowest BCUT2D eigenvalue weighted by Gasteiger charge is -2.36. The van der Waals surface area contributed by atoms with Crippen molar-refractivity contribution in [2.75, 3.05) is 25.4 Å². The lowest BCUT2D eigenvalue weighted by molar-refractivity contribution is 0.130. The first-order valence-corrected chi connectivity index (χ1v) is 12.7. The molecule has 0 spiro atoms. The van der Waals surface area contributed by atoms with E-state index in [0.717, 1.165) is 43.0 Å². The number of nitrogens with two attached hydrogens (primary N) is 1. The molecular weight excluding hydrogens is 481 g/mol. The summed E-state index contributed by atoms with van der Waals surface area (Å²) in [5, 5.41) is 16.4. The van der Waals surface area contributed by atoms with Crippen LogP contribution in [0.1, 0.15) is 38.1 Å². The molecule has 0 bridgehead atoms. The number of hydrogen-bond donors (Lipinski definition) is 1. The van der Waals surface area contributed by atoms with Crippen LogP contribution in [0, 0.1) is 11.7 Å². The summed E-state index contributed by atoms with van der Waals surface area (Å²) >= 11 is 5.97. The van der Waals surface area contributed by atoms with Gasteiger partial charge in [0.15, 0.2) is 11.6 Å². The third-order valence-electron chi connectivity index (χ3n) is 7.40. The maximum Gasteiger partial charge on any atom is 0.190 e. The van der Waals surface area contributed by atoms with Crippen LogP contribution in [0.4, 0.5) is 10.2 Å². The molecule has 186 valence electrons. The molecule has 11 heteroatoms. The van der Waals surface area contributed by atoms with Gasteiger partial charge in [0.25, 0.3) is 0 Å². The molecule has 3 aromatic heterocycles. The second-order valence-corrected chi connectivity index (χ2v) is 10.1. The molecule has 6 rings (SSSR count). The van der Waals surface area contributed by atoms with E-state index in [-0.39, 0.29) is 22.4 Å². The predicted octanol–water partition coefficient (Wildman–Crippen LogP) is 4.40. The molecule has 2 aliphatic rings. The number of hydrogen-bond acceptors (Lipinski definition) is 7. The first-order valence-electron chi connectivity index (χ1n) is 12.3. The molecule has 1 saturated carbocycles. The van der Waals surface area contributed by atoms with Crippen molar-refractivity contribution in [1.29, 1.82) is 0 Å². The van der Waals surface area contributed by atoms with Crippen LogP contribution < -0.4 is 5.73 Å². The fraction of sp³-hybridized carbons (Fsp3) is 0.400. The predicted molar refractivity (Wildman–Crippen MR) is 135 cm³/mol. The highest BCUT2D eigenvalue weighted by atomic mass is 35.5. The summed E-state index contributed by atoms with van der Waals surface area (Å²) in [5.41, 5.74) is 8.57. The monoisotopic (exact) mass is 507 g/mol. The summed E-state index contributed by atoms with van der Waals surface area (Å²) in [6.07, 6.45) is 12.0. The van der Waals surface area contributed by atoms with Crippen LogP contribution in [-0.4, -0.2) is 59.5 Å². The van der Waals surface area contributed by atoms with Gasteiger partial charge in [-0.05, 0) is 60.2 Å². The van der Waals surface area contributed by atoms with Crippen molar-refractivity contribution in [2.45, 2.75) is 38.1 Å². The fourth-order valence-corrected chi connectivity index (χ4v) is 5.25. The molecule has 1 saturated heterocycles. The highest BCUT2D eigenvalue weighted by molar-refractivity contribution is 6.30. The number of nitrogen functional groups attached to an aromatic ring is 1. The van der Waals surface area contributed by atoms with Gasteiger partial charge >= 0.3 is 0 Å². The normalized spacial score (nSPS) is 17.4. The largest absolute Gasteiger partial charge is 0.383 e. The van der Waals surface area contributed by atoms with E-state index in [1.807, 2.05) is 12.3 Å². The molecule has 9 nitrogen and oxygen atoms in total. The highest BCUT2D eigenvalue weighted by Crippen LogP contribution is 2.33. The minimum absolute atomic E-state index is 0.0184. The van der Waals surface area contributed by atoms with Gasteiger partial charge in [-0.2, -0.15) is 9.78 Å². The first-order chi connectivity index (χ1) is 17.6. The molecule has 4 heterocycles. The maximum atomic E-state index is 14.7. The average molecular weight is 508 g/mol. The summed E-state index contributed by atoms with van der Waals surface area (Å²) in [7, 11) is 0. The third kappa shape index (κ3) is 4.35. The zero-order valence-corrected chi connectivity index (χ0v) is 20.5. The molecule has 2 N–H and O–H groups in total. The first kappa shape index (κ1) is 23.1. The van der Waals surface area contributed by atoms with Gasteiger partial charge in [-0.25, -0.2) is 9.37 Å². The quantitative estimate of drug-likeness (QED) is 0.412. The number of pyridine rings is 1. The Morgan fingerprint density at radius 3 is 2.69 bits per heavy atom.